The number of methoxy groups -OCH3 is 2. The Hall–Kier alpha value is -3.54. The van der Waals surface area contributed by atoms with Gasteiger partial charge in [-0.05, 0) is 42.7 Å². The number of carbonyl (C=O) groups is 1. The molecule has 0 saturated carbocycles. The Balaban J connectivity index is 1.52. The molecule has 0 fully saturated rings. The number of nitrogens with zero attached hydrogens (tertiary/aromatic N) is 1. The molecule has 150 valence electrons. The average Bonchev–Trinajstić information content (AvgIpc) is 2.78. The standard InChI is InChI=1S/C23H25N3O3/c1-28-19-11-12-20(21(15-19)29-2)26-23(27)18-10-13-22(25-16-18)24-14-6-9-17-7-4-3-5-8-17/h3-5,7-8,10-13,15-16H,6,9,14H2,1-2H3,(H,24,25)(H,26,27). The van der Waals surface area contributed by atoms with Gasteiger partial charge < -0.3 is 20.1 Å². The van der Waals surface area contributed by atoms with Crippen LogP contribution in [0, 0.1) is 0 Å². The van der Waals surface area contributed by atoms with Crippen LogP contribution in [0.2, 0.25) is 0 Å². The highest BCUT2D eigenvalue weighted by molar-refractivity contribution is 6.05. The van der Waals surface area contributed by atoms with Crippen molar-refractivity contribution in [1.82, 2.24) is 4.98 Å². The first-order valence-electron chi connectivity index (χ1n) is 9.47. The highest BCUT2D eigenvalue weighted by atomic mass is 16.5. The van der Waals surface area contributed by atoms with Crippen LogP contribution in [-0.4, -0.2) is 31.7 Å². The van der Waals surface area contributed by atoms with Gasteiger partial charge in [0.1, 0.15) is 17.3 Å². The summed E-state index contributed by atoms with van der Waals surface area (Å²) in [6.45, 7) is 0.816. The van der Waals surface area contributed by atoms with Gasteiger partial charge in [-0.25, -0.2) is 4.98 Å². The minimum atomic E-state index is -0.253. The minimum Gasteiger partial charge on any atom is -0.497 e. The molecule has 0 bridgehead atoms. The molecule has 0 saturated heterocycles. The van der Waals surface area contributed by atoms with Crippen molar-refractivity contribution in [3.05, 3.63) is 78.0 Å². The lowest BCUT2D eigenvalue weighted by atomic mass is 10.1. The first-order valence-corrected chi connectivity index (χ1v) is 9.47. The van der Waals surface area contributed by atoms with Crippen LogP contribution in [0.1, 0.15) is 22.3 Å². The monoisotopic (exact) mass is 391 g/mol. The van der Waals surface area contributed by atoms with E-state index < -0.39 is 0 Å². The van der Waals surface area contributed by atoms with Crippen LogP contribution in [0.3, 0.4) is 0 Å². The van der Waals surface area contributed by atoms with E-state index in [0.29, 0.717) is 22.7 Å². The van der Waals surface area contributed by atoms with Crippen LogP contribution >= 0.6 is 0 Å². The third kappa shape index (κ3) is 5.72. The summed E-state index contributed by atoms with van der Waals surface area (Å²) in [5.74, 6) is 1.68. The number of rotatable bonds is 9. The van der Waals surface area contributed by atoms with Crippen molar-refractivity contribution in [3.8, 4) is 11.5 Å². The number of amides is 1. The van der Waals surface area contributed by atoms with E-state index in [-0.39, 0.29) is 5.91 Å². The van der Waals surface area contributed by atoms with E-state index in [0.717, 1.165) is 25.2 Å². The largest absolute Gasteiger partial charge is 0.497 e. The van der Waals surface area contributed by atoms with Crippen LogP contribution < -0.4 is 20.1 Å². The molecule has 3 aromatic rings. The Morgan fingerprint density at radius 3 is 2.52 bits per heavy atom. The predicted molar refractivity (Wildman–Crippen MR) is 115 cm³/mol. The molecule has 1 heterocycles. The van der Waals surface area contributed by atoms with Crippen LogP contribution in [0.25, 0.3) is 0 Å². The number of aromatic nitrogens is 1. The second kappa shape index (κ2) is 10.1. The molecular formula is C23H25N3O3. The van der Waals surface area contributed by atoms with Crippen molar-refractivity contribution in [2.75, 3.05) is 31.4 Å². The van der Waals surface area contributed by atoms with E-state index >= 15 is 0 Å². The summed E-state index contributed by atoms with van der Waals surface area (Å²) in [6.07, 6.45) is 3.58. The van der Waals surface area contributed by atoms with Gasteiger partial charge in [-0.3, -0.25) is 4.79 Å². The van der Waals surface area contributed by atoms with Crippen LogP contribution in [0.15, 0.2) is 66.9 Å². The number of nitrogens with one attached hydrogen (secondary N) is 2. The number of benzene rings is 2. The summed E-state index contributed by atoms with van der Waals surface area (Å²) in [7, 11) is 3.13. The zero-order valence-corrected chi connectivity index (χ0v) is 16.6. The van der Waals surface area contributed by atoms with Crippen molar-refractivity contribution >= 4 is 17.4 Å². The molecule has 0 atom stereocenters. The molecule has 0 aliphatic carbocycles. The van der Waals surface area contributed by atoms with Gasteiger partial charge in [0.2, 0.25) is 0 Å². The fourth-order valence-electron chi connectivity index (χ4n) is 2.88. The average molecular weight is 391 g/mol. The van der Waals surface area contributed by atoms with E-state index in [1.54, 1.807) is 44.7 Å². The fourth-order valence-corrected chi connectivity index (χ4v) is 2.88. The van der Waals surface area contributed by atoms with Crippen molar-refractivity contribution < 1.29 is 14.3 Å². The molecule has 0 spiro atoms. The smallest absolute Gasteiger partial charge is 0.257 e. The zero-order chi connectivity index (χ0) is 20.5. The molecule has 6 heteroatoms. The molecule has 1 aromatic heterocycles. The van der Waals surface area contributed by atoms with Crippen LogP contribution in [0.5, 0.6) is 11.5 Å². The molecule has 6 nitrogen and oxygen atoms in total. The molecule has 2 N–H and O–H groups in total. The lowest BCUT2D eigenvalue weighted by molar-refractivity contribution is 0.102. The summed E-state index contributed by atoms with van der Waals surface area (Å²) < 4.78 is 10.5. The van der Waals surface area contributed by atoms with E-state index in [9.17, 15) is 4.79 Å². The summed E-state index contributed by atoms with van der Waals surface area (Å²) in [5.41, 5.74) is 2.36. The van der Waals surface area contributed by atoms with Gasteiger partial charge in [0.15, 0.2) is 0 Å². The topological polar surface area (TPSA) is 72.5 Å². The minimum absolute atomic E-state index is 0.253. The second-order valence-electron chi connectivity index (χ2n) is 6.47. The van der Waals surface area contributed by atoms with Gasteiger partial charge >= 0.3 is 0 Å². The summed E-state index contributed by atoms with van der Waals surface area (Å²) >= 11 is 0. The number of hydrogen-bond donors (Lipinski definition) is 2. The maximum absolute atomic E-state index is 12.5. The molecule has 0 radical (unpaired) electrons. The highest BCUT2D eigenvalue weighted by Gasteiger charge is 2.11. The van der Waals surface area contributed by atoms with Gasteiger partial charge in [0, 0.05) is 18.8 Å². The third-order valence-corrected chi connectivity index (χ3v) is 4.47. The Labute approximate surface area is 170 Å². The van der Waals surface area contributed by atoms with Crippen LogP contribution in [0.4, 0.5) is 11.5 Å². The number of aryl methyl sites for hydroxylation is 1. The Morgan fingerprint density at radius 2 is 1.83 bits per heavy atom. The number of ether oxygens (including phenoxy) is 2. The molecule has 0 unspecified atom stereocenters. The van der Waals surface area contributed by atoms with Crippen LogP contribution in [-0.2, 0) is 6.42 Å². The number of carbonyl (C=O) groups excluding carboxylic acids is 1. The normalized spacial score (nSPS) is 10.3. The molecule has 0 aliphatic heterocycles. The van der Waals surface area contributed by atoms with E-state index in [2.05, 4.69) is 39.9 Å². The summed E-state index contributed by atoms with van der Waals surface area (Å²) in [6, 6.07) is 19.2. The van der Waals surface area contributed by atoms with Crippen molar-refractivity contribution in [2.45, 2.75) is 12.8 Å². The van der Waals surface area contributed by atoms with Gasteiger partial charge in [-0.2, -0.15) is 0 Å². The quantitative estimate of drug-likeness (QED) is 0.529. The first kappa shape index (κ1) is 20.2. The first-order chi connectivity index (χ1) is 14.2. The second-order valence-corrected chi connectivity index (χ2v) is 6.47. The van der Waals surface area contributed by atoms with Gasteiger partial charge in [0.25, 0.3) is 5.91 Å². The van der Waals surface area contributed by atoms with Crippen molar-refractivity contribution in [2.24, 2.45) is 0 Å². The van der Waals surface area contributed by atoms with Gasteiger partial charge in [-0.15, -0.1) is 0 Å². The predicted octanol–water partition coefficient (Wildman–Crippen LogP) is 4.40. The fraction of sp³-hybridized carbons (Fsp3) is 0.217. The molecule has 3 rings (SSSR count). The number of pyridine rings is 1. The Bertz CT molecular complexity index is 928. The van der Waals surface area contributed by atoms with E-state index in [1.807, 2.05) is 12.1 Å². The van der Waals surface area contributed by atoms with E-state index in [1.165, 1.54) is 5.56 Å². The summed E-state index contributed by atoms with van der Waals surface area (Å²) in [5, 5.41) is 6.12. The zero-order valence-electron chi connectivity index (χ0n) is 16.6. The number of anilines is 2. The maximum atomic E-state index is 12.5. The lowest BCUT2D eigenvalue weighted by Gasteiger charge is -2.12. The lowest BCUT2D eigenvalue weighted by Crippen LogP contribution is -2.13. The molecule has 1 amide bonds. The van der Waals surface area contributed by atoms with E-state index in [4.69, 9.17) is 9.47 Å². The Kier molecular flexibility index (Phi) is 7.05. The maximum Gasteiger partial charge on any atom is 0.257 e. The highest BCUT2D eigenvalue weighted by Crippen LogP contribution is 2.29. The van der Waals surface area contributed by atoms with Crippen molar-refractivity contribution in [3.63, 3.8) is 0 Å². The van der Waals surface area contributed by atoms with Gasteiger partial charge in [0.05, 0.1) is 25.5 Å². The molecule has 2 aromatic carbocycles. The molecular weight excluding hydrogens is 366 g/mol. The molecule has 29 heavy (non-hydrogen) atoms. The Morgan fingerprint density at radius 1 is 1.00 bits per heavy atom. The molecule has 0 aliphatic rings. The number of hydrogen-bond acceptors (Lipinski definition) is 5. The SMILES string of the molecule is COc1ccc(NC(=O)c2ccc(NCCCc3ccccc3)nc2)c(OC)c1. The summed E-state index contributed by atoms with van der Waals surface area (Å²) in [4.78, 5) is 16.8. The van der Waals surface area contributed by atoms with Crippen molar-refractivity contribution in [1.29, 1.82) is 0 Å². The van der Waals surface area contributed by atoms with Gasteiger partial charge in [-0.1, -0.05) is 30.3 Å². The third-order valence-electron chi connectivity index (χ3n) is 4.47.